The van der Waals surface area contributed by atoms with Gasteiger partial charge in [0.1, 0.15) is 0 Å². The van der Waals surface area contributed by atoms with Crippen LogP contribution in [0, 0.1) is 11.8 Å². The van der Waals surface area contributed by atoms with E-state index in [9.17, 15) is 0 Å². The first-order valence-electron chi connectivity index (χ1n) is 5.94. The molecule has 1 aliphatic rings. The number of nitrogens with one attached hydrogen (secondary N) is 1. The molecule has 0 aromatic carbocycles. The van der Waals surface area contributed by atoms with Gasteiger partial charge in [-0.3, -0.25) is 0 Å². The Morgan fingerprint density at radius 2 is 2.21 bits per heavy atom. The van der Waals surface area contributed by atoms with Crippen LogP contribution in [0.15, 0.2) is 0 Å². The number of hydrogen-bond acceptors (Lipinski definition) is 2. The van der Waals surface area contributed by atoms with Gasteiger partial charge in [-0.15, -0.1) is 0 Å². The first-order chi connectivity index (χ1) is 6.72. The third-order valence-corrected chi connectivity index (χ3v) is 4.04. The van der Waals surface area contributed by atoms with E-state index in [-0.39, 0.29) is 0 Å². The summed E-state index contributed by atoms with van der Waals surface area (Å²) in [6, 6.07) is 0.808. The van der Waals surface area contributed by atoms with Crippen molar-refractivity contribution in [3.05, 3.63) is 0 Å². The maximum atomic E-state index is 3.72. The zero-order valence-corrected chi connectivity index (χ0v) is 10.7. The summed E-state index contributed by atoms with van der Waals surface area (Å²) < 4.78 is 0. The van der Waals surface area contributed by atoms with Gasteiger partial charge >= 0.3 is 0 Å². The molecule has 0 radical (unpaired) electrons. The van der Waals surface area contributed by atoms with Crippen LogP contribution < -0.4 is 5.32 Å². The smallest absolute Gasteiger partial charge is 0.00697 e. The summed E-state index contributed by atoms with van der Waals surface area (Å²) in [6.07, 6.45) is 7.86. The molecule has 2 heteroatoms. The summed E-state index contributed by atoms with van der Waals surface area (Å²) in [6.45, 7) is 5.94. The second kappa shape index (κ2) is 6.73. The van der Waals surface area contributed by atoms with Crippen molar-refractivity contribution in [2.24, 2.45) is 11.8 Å². The number of rotatable bonds is 5. The lowest BCUT2D eigenvalue weighted by atomic mass is 9.87. The van der Waals surface area contributed by atoms with E-state index in [4.69, 9.17) is 0 Å². The third-order valence-electron chi connectivity index (χ3n) is 3.14. The maximum absolute atomic E-state index is 3.72. The minimum atomic E-state index is 0.808. The number of thioether (sulfide) groups is 1. The Kier molecular flexibility index (Phi) is 5.95. The molecule has 0 bridgehead atoms. The molecule has 1 aliphatic carbocycles. The fourth-order valence-electron chi connectivity index (χ4n) is 2.33. The van der Waals surface area contributed by atoms with Crippen LogP contribution in [0.1, 0.15) is 39.5 Å². The van der Waals surface area contributed by atoms with E-state index < -0.39 is 0 Å². The van der Waals surface area contributed by atoms with E-state index >= 15 is 0 Å². The molecule has 1 rings (SSSR count). The third kappa shape index (κ3) is 4.70. The van der Waals surface area contributed by atoms with Crippen LogP contribution in [0.4, 0.5) is 0 Å². The van der Waals surface area contributed by atoms with Crippen LogP contribution in [-0.2, 0) is 0 Å². The van der Waals surface area contributed by atoms with Crippen molar-refractivity contribution >= 4 is 11.8 Å². The summed E-state index contributed by atoms with van der Waals surface area (Å²) in [4.78, 5) is 0. The first-order valence-corrected chi connectivity index (χ1v) is 7.34. The fraction of sp³-hybridized carbons (Fsp3) is 1.00. The second-order valence-corrected chi connectivity index (χ2v) is 5.85. The molecule has 0 spiro atoms. The Morgan fingerprint density at radius 3 is 2.86 bits per heavy atom. The lowest BCUT2D eigenvalue weighted by Crippen LogP contribution is -2.36. The molecule has 1 N–H and O–H groups in total. The summed E-state index contributed by atoms with van der Waals surface area (Å²) >= 11 is 1.96. The van der Waals surface area contributed by atoms with E-state index in [1.807, 2.05) is 11.8 Å². The summed E-state index contributed by atoms with van der Waals surface area (Å²) in [5.74, 6) is 3.05. The van der Waals surface area contributed by atoms with Gasteiger partial charge in [0, 0.05) is 6.04 Å². The van der Waals surface area contributed by atoms with Crippen molar-refractivity contribution in [2.75, 3.05) is 18.6 Å². The van der Waals surface area contributed by atoms with E-state index in [2.05, 4.69) is 25.4 Å². The molecule has 3 unspecified atom stereocenters. The average Bonchev–Trinajstić information content (AvgIpc) is 2.15. The van der Waals surface area contributed by atoms with Crippen molar-refractivity contribution in [2.45, 2.75) is 45.6 Å². The Labute approximate surface area is 93.4 Å². The Balaban J connectivity index is 2.10. The zero-order chi connectivity index (χ0) is 10.4. The molecule has 0 heterocycles. The number of hydrogen-bond donors (Lipinski definition) is 1. The van der Waals surface area contributed by atoms with Gasteiger partial charge in [0.05, 0.1) is 0 Å². The molecule has 3 atom stereocenters. The predicted octanol–water partition coefficient (Wildman–Crippen LogP) is 3.15. The highest BCUT2D eigenvalue weighted by molar-refractivity contribution is 7.98. The van der Waals surface area contributed by atoms with E-state index in [0.29, 0.717) is 0 Å². The lowest BCUT2D eigenvalue weighted by molar-refractivity contribution is 0.294. The predicted molar refractivity (Wildman–Crippen MR) is 67.0 cm³/mol. The minimum absolute atomic E-state index is 0.808. The van der Waals surface area contributed by atoms with Crippen molar-refractivity contribution in [3.63, 3.8) is 0 Å². The van der Waals surface area contributed by atoms with Crippen LogP contribution in [0.25, 0.3) is 0 Å². The molecule has 0 aromatic heterocycles. The molecule has 0 amide bonds. The molecule has 0 aliphatic heterocycles. The van der Waals surface area contributed by atoms with Gasteiger partial charge in [0.15, 0.2) is 0 Å². The molecule has 14 heavy (non-hydrogen) atoms. The Morgan fingerprint density at radius 1 is 1.43 bits per heavy atom. The van der Waals surface area contributed by atoms with Crippen LogP contribution >= 0.6 is 11.8 Å². The molecule has 84 valence electrons. The molecular weight excluding hydrogens is 190 g/mol. The summed E-state index contributed by atoms with van der Waals surface area (Å²) in [7, 11) is 0. The highest BCUT2D eigenvalue weighted by atomic mass is 32.2. The highest BCUT2D eigenvalue weighted by Crippen LogP contribution is 2.23. The molecule has 1 nitrogen and oxygen atoms in total. The standard InChI is InChI=1S/C12H25NS/c1-10-5-4-6-12(7-10)13-8-11(2)9-14-3/h10-13H,4-9H2,1-3H3. The average molecular weight is 215 g/mol. The highest BCUT2D eigenvalue weighted by Gasteiger charge is 2.18. The van der Waals surface area contributed by atoms with Crippen molar-refractivity contribution in [1.82, 2.24) is 5.32 Å². The quantitative estimate of drug-likeness (QED) is 0.756. The van der Waals surface area contributed by atoms with Gasteiger partial charge < -0.3 is 5.32 Å². The van der Waals surface area contributed by atoms with Crippen LogP contribution in [-0.4, -0.2) is 24.6 Å². The van der Waals surface area contributed by atoms with Gasteiger partial charge in [0.25, 0.3) is 0 Å². The fourth-order valence-corrected chi connectivity index (χ4v) is 3.02. The summed E-state index contributed by atoms with van der Waals surface area (Å²) in [5.41, 5.74) is 0. The molecule has 1 fully saturated rings. The van der Waals surface area contributed by atoms with Crippen molar-refractivity contribution < 1.29 is 0 Å². The molecule has 1 saturated carbocycles. The SMILES string of the molecule is CSCC(C)CNC1CCCC(C)C1. The topological polar surface area (TPSA) is 12.0 Å². The normalized spacial score (nSPS) is 30.2. The Hall–Kier alpha value is 0.310. The van der Waals surface area contributed by atoms with Crippen molar-refractivity contribution in [1.29, 1.82) is 0 Å². The zero-order valence-electron chi connectivity index (χ0n) is 9.88. The van der Waals surface area contributed by atoms with Crippen LogP contribution in [0.5, 0.6) is 0 Å². The van der Waals surface area contributed by atoms with E-state index in [0.717, 1.165) is 17.9 Å². The van der Waals surface area contributed by atoms with Gasteiger partial charge in [-0.1, -0.05) is 26.7 Å². The first kappa shape index (κ1) is 12.4. The van der Waals surface area contributed by atoms with E-state index in [1.54, 1.807) is 0 Å². The second-order valence-electron chi connectivity index (χ2n) is 4.94. The van der Waals surface area contributed by atoms with Gasteiger partial charge in [-0.2, -0.15) is 11.8 Å². The van der Waals surface area contributed by atoms with E-state index in [1.165, 1.54) is 38.0 Å². The molecule has 0 saturated heterocycles. The van der Waals surface area contributed by atoms with Crippen LogP contribution in [0.3, 0.4) is 0 Å². The van der Waals surface area contributed by atoms with Crippen molar-refractivity contribution in [3.8, 4) is 0 Å². The minimum Gasteiger partial charge on any atom is -0.314 e. The largest absolute Gasteiger partial charge is 0.314 e. The molecule has 0 aromatic rings. The molecular formula is C12H25NS. The van der Waals surface area contributed by atoms with Gasteiger partial charge in [-0.25, -0.2) is 0 Å². The summed E-state index contributed by atoms with van der Waals surface area (Å²) in [5, 5.41) is 3.72. The lowest BCUT2D eigenvalue weighted by Gasteiger charge is -2.28. The Bertz CT molecular complexity index is 149. The van der Waals surface area contributed by atoms with Crippen LogP contribution in [0.2, 0.25) is 0 Å². The monoisotopic (exact) mass is 215 g/mol. The van der Waals surface area contributed by atoms with Gasteiger partial charge in [-0.05, 0) is 43.2 Å². The van der Waals surface area contributed by atoms with Gasteiger partial charge in [0.2, 0.25) is 0 Å². The maximum Gasteiger partial charge on any atom is 0.00697 e.